The van der Waals surface area contributed by atoms with Crippen LogP contribution in [0.2, 0.25) is 0 Å². The van der Waals surface area contributed by atoms with Crippen LogP contribution in [0.1, 0.15) is 23.2 Å². The third-order valence-corrected chi connectivity index (χ3v) is 3.54. The van der Waals surface area contributed by atoms with Crippen LogP contribution in [0.3, 0.4) is 0 Å². The zero-order chi connectivity index (χ0) is 13.8. The van der Waals surface area contributed by atoms with Crippen molar-refractivity contribution < 1.29 is 14.7 Å². The molecule has 0 aliphatic carbocycles. The molecule has 0 bridgehead atoms. The van der Waals surface area contributed by atoms with Crippen molar-refractivity contribution >= 4 is 33.5 Å². The Morgan fingerprint density at radius 1 is 1.37 bits per heavy atom. The summed E-state index contributed by atoms with van der Waals surface area (Å²) in [5.41, 5.74) is 0.647. The van der Waals surface area contributed by atoms with Gasteiger partial charge in [-0.25, -0.2) is 4.79 Å². The molecule has 0 radical (unpaired) electrons. The second kappa shape index (κ2) is 6.16. The van der Waals surface area contributed by atoms with E-state index < -0.39 is 5.97 Å². The zero-order valence-electron chi connectivity index (χ0n) is 10.3. The third kappa shape index (κ3) is 3.78. The number of rotatable bonds is 3. The van der Waals surface area contributed by atoms with Gasteiger partial charge in [0.15, 0.2) is 0 Å². The molecule has 2 rings (SSSR count). The van der Waals surface area contributed by atoms with Crippen molar-refractivity contribution in [2.75, 3.05) is 18.4 Å². The van der Waals surface area contributed by atoms with Crippen molar-refractivity contribution in [2.45, 2.75) is 12.8 Å². The van der Waals surface area contributed by atoms with E-state index in [0.717, 1.165) is 19.4 Å². The lowest BCUT2D eigenvalue weighted by Gasteiger charge is -2.22. The van der Waals surface area contributed by atoms with Crippen LogP contribution in [0.4, 0.5) is 5.69 Å². The number of anilines is 1. The van der Waals surface area contributed by atoms with Crippen molar-refractivity contribution in [1.82, 2.24) is 5.32 Å². The monoisotopic (exact) mass is 326 g/mol. The number of nitrogens with one attached hydrogen (secondary N) is 2. The standard InChI is InChI=1S/C13H15BrN2O3/c14-10-4-9(13(18)19)5-11(6-10)16-12(17)8-2-1-3-15-7-8/h4-6,8,15H,1-3,7H2,(H,16,17)(H,18,19)/t8-/m0/s1. The molecule has 0 aromatic heterocycles. The Labute approximate surface area is 119 Å². The number of hydrogen-bond donors (Lipinski definition) is 3. The third-order valence-electron chi connectivity index (χ3n) is 3.08. The molecule has 1 fully saturated rings. The Morgan fingerprint density at radius 3 is 2.79 bits per heavy atom. The molecule has 1 amide bonds. The summed E-state index contributed by atoms with van der Waals surface area (Å²) in [4.78, 5) is 23.0. The van der Waals surface area contributed by atoms with E-state index in [4.69, 9.17) is 5.11 Å². The maximum Gasteiger partial charge on any atom is 0.335 e. The lowest BCUT2D eigenvalue weighted by molar-refractivity contribution is -0.120. The van der Waals surface area contributed by atoms with Crippen molar-refractivity contribution in [1.29, 1.82) is 0 Å². The molecule has 5 nitrogen and oxygen atoms in total. The maximum absolute atomic E-state index is 12.0. The number of benzene rings is 1. The second-order valence-electron chi connectivity index (χ2n) is 4.57. The quantitative estimate of drug-likeness (QED) is 0.794. The number of amides is 1. The predicted molar refractivity (Wildman–Crippen MR) is 75.3 cm³/mol. The van der Waals surface area contributed by atoms with E-state index in [0.29, 0.717) is 16.7 Å². The summed E-state index contributed by atoms with van der Waals surface area (Å²) in [5.74, 6) is -1.14. The molecule has 1 heterocycles. The number of carbonyl (C=O) groups excluding carboxylic acids is 1. The Kier molecular flexibility index (Phi) is 4.55. The normalized spacial score (nSPS) is 18.9. The SMILES string of the molecule is O=C(O)c1cc(Br)cc(NC(=O)[C@H]2CCCNC2)c1. The molecule has 6 heteroatoms. The number of hydrogen-bond acceptors (Lipinski definition) is 3. The average molecular weight is 327 g/mol. The van der Waals surface area contributed by atoms with Crippen LogP contribution in [0, 0.1) is 5.92 Å². The highest BCUT2D eigenvalue weighted by Crippen LogP contribution is 2.21. The highest BCUT2D eigenvalue weighted by Gasteiger charge is 2.21. The van der Waals surface area contributed by atoms with E-state index in [1.54, 1.807) is 6.07 Å². The molecule has 1 aromatic rings. The number of piperidine rings is 1. The van der Waals surface area contributed by atoms with Gasteiger partial charge in [0.05, 0.1) is 11.5 Å². The lowest BCUT2D eigenvalue weighted by atomic mass is 9.99. The molecule has 19 heavy (non-hydrogen) atoms. The predicted octanol–water partition coefficient (Wildman–Crippen LogP) is 2.09. The number of carbonyl (C=O) groups is 2. The summed E-state index contributed by atoms with van der Waals surface area (Å²) < 4.78 is 0.629. The van der Waals surface area contributed by atoms with Crippen molar-refractivity contribution in [3.8, 4) is 0 Å². The molecule has 1 aromatic carbocycles. The van der Waals surface area contributed by atoms with Crippen LogP contribution in [0.25, 0.3) is 0 Å². The minimum absolute atomic E-state index is 0.0546. The molecule has 1 aliphatic heterocycles. The van der Waals surface area contributed by atoms with Gasteiger partial charge in [-0.1, -0.05) is 15.9 Å². The molecule has 0 saturated carbocycles. The summed E-state index contributed by atoms with van der Waals surface area (Å²) in [5, 5.41) is 14.9. The van der Waals surface area contributed by atoms with E-state index >= 15 is 0 Å². The van der Waals surface area contributed by atoms with Gasteiger partial charge in [0.25, 0.3) is 0 Å². The Hall–Kier alpha value is -1.40. The smallest absolute Gasteiger partial charge is 0.335 e. The summed E-state index contributed by atoms with van der Waals surface area (Å²) in [6.45, 7) is 1.62. The van der Waals surface area contributed by atoms with Gasteiger partial charge in [0, 0.05) is 16.7 Å². The first-order chi connectivity index (χ1) is 9.06. The van der Waals surface area contributed by atoms with E-state index in [-0.39, 0.29) is 17.4 Å². The van der Waals surface area contributed by atoms with E-state index in [9.17, 15) is 9.59 Å². The van der Waals surface area contributed by atoms with E-state index in [1.807, 2.05) is 0 Å². The number of aromatic carboxylic acids is 1. The fourth-order valence-corrected chi connectivity index (χ4v) is 2.60. The minimum Gasteiger partial charge on any atom is -0.478 e. The first kappa shape index (κ1) is 14.0. The Bertz CT molecular complexity index is 499. The van der Waals surface area contributed by atoms with E-state index in [1.165, 1.54) is 12.1 Å². The fraction of sp³-hybridized carbons (Fsp3) is 0.385. The molecule has 0 spiro atoms. The van der Waals surface area contributed by atoms with Gasteiger partial charge in [-0.3, -0.25) is 4.79 Å². The van der Waals surface area contributed by atoms with Crippen LogP contribution in [-0.2, 0) is 4.79 Å². The van der Waals surface area contributed by atoms with Gasteiger partial charge >= 0.3 is 5.97 Å². The molecule has 3 N–H and O–H groups in total. The summed E-state index contributed by atoms with van der Waals surface area (Å²) in [6.07, 6.45) is 1.84. The fourth-order valence-electron chi connectivity index (χ4n) is 2.11. The number of carboxylic acids is 1. The first-order valence-corrected chi connectivity index (χ1v) is 6.91. The number of halogens is 1. The molecule has 1 aliphatic rings. The molecular weight excluding hydrogens is 312 g/mol. The van der Waals surface area contributed by atoms with Crippen LogP contribution >= 0.6 is 15.9 Å². The van der Waals surface area contributed by atoms with Crippen LogP contribution in [-0.4, -0.2) is 30.1 Å². The van der Waals surface area contributed by atoms with Crippen LogP contribution < -0.4 is 10.6 Å². The molecular formula is C13H15BrN2O3. The summed E-state index contributed by atoms with van der Waals surface area (Å²) >= 11 is 3.24. The van der Waals surface area contributed by atoms with Gasteiger partial charge < -0.3 is 15.7 Å². The minimum atomic E-state index is -1.02. The van der Waals surface area contributed by atoms with Crippen LogP contribution in [0.15, 0.2) is 22.7 Å². The topological polar surface area (TPSA) is 78.4 Å². The van der Waals surface area contributed by atoms with Gasteiger partial charge in [-0.15, -0.1) is 0 Å². The zero-order valence-corrected chi connectivity index (χ0v) is 11.9. The molecule has 1 saturated heterocycles. The Morgan fingerprint density at radius 2 is 2.16 bits per heavy atom. The molecule has 0 unspecified atom stereocenters. The number of carboxylic acid groups (broad SMARTS) is 1. The van der Waals surface area contributed by atoms with Crippen molar-refractivity contribution in [3.63, 3.8) is 0 Å². The van der Waals surface area contributed by atoms with Crippen LogP contribution in [0.5, 0.6) is 0 Å². The maximum atomic E-state index is 12.0. The molecule has 102 valence electrons. The lowest BCUT2D eigenvalue weighted by Crippen LogP contribution is -2.37. The second-order valence-corrected chi connectivity index (χ2v) is 5.48. The van der Waals surface area contributed by atoms with Gasteiger partial charge in [-0.2, -0.15) is 0 Å². The Balaban J connectivity index is 2.09. The average Bonchev–Trinajstić information content (AvgIpc) is 2.39. The van der Waals surface area contributed by atoms with E-state index in [2.05, 4.69) is 26.6 Å². The first-order valence-electron chi connectivity index (χ1n) is 6.12. The van der Waals surface area contributed by atoms with Gasteiger partial charge in [0.1, 0.15) is 0 Å². The summed E-state index contributed by atoms with van der Waals surface area (Å²) in [6, 6.07) is 4.65. The van der Waals surface area contributed by atoms with Gasteiger partial charge in [-0.05, 0) is 37.6 Å². The molecule has 1 atom stereocenters. The summed E-state index contributed by atoms with van der Waals surface area (Å²) in [7, 11) is 0. The van der Waals surface area contributed by atoms with Crippen molar-refractivity contribution in [2.24, 2.45) is 5.92 Å². The van der Waals surface area contributed by atoms with Gasteiger partial charge in [0.2, 0.25) is 5.91 Å². The van der Waals surface area contributed by atoms with Crippen molar-refractivity contribution in [3.05, 3.63) is 28.2 Å². The highest BCUT2D eigenvalue weighted by molar-refractivity contribution is 9.10. The highest BCUT2D eigenvalue weighted by atomic mass is 79.9. The largest absolute Gasteiger partial charge is 0.478 e.